The Hall–Kier alpha value is -2.55. The monoisotopic (exact) mass is 322 g/mol. The second kappa shape index (κ2) is 6.48. The van der Waals surface area contributed by atoms with Crippen LogP contribution >= 0.6 is 11.8 Å². The summed E-state index contributed by atoms with van der Waals surface area (Å²) in [5, 5.41) is 11.8. The van der Waals surface area contributed by atoms with Gasteiger partial charge >= 0.3 is 5.69 Å². The normalized spacial score (nSPS) is 10.6. The van der Waals surface area contributed by atoms with Crippen LogP contribution in [0.15, 0.2) is 39.0 Å². The molecule has 0 saturated heterocycles. The van der Waals surface area contributed by atoms with Crippen molar-refractivity contribution in [3.8, 4) is 0 Å². The lowest BCUT2D eigenvalue weighted by Crippen LogP contribution is -2.36. The predicted molar refractivity (Wildman–Crippen MR) is 81.9 cm³/mol. The zero-order chi connectivity index (χ0) is 16.3. The molecule has 0 aromatic carbocycles. The molecule has 0 aliphatic rings. The van der Waals surface area contributed by atoms with Gasteiger partial charge in [-0.05, 0) is 24.8 Å². The fraction of sp³-hybridized carbons (Fsp3) is 0.231. The fourth-order valence-electron chi connectivity index (χ4n) is 1.91. The van der Waals surface area contributed by atoms with Crippen LogP contribution in [-0.2, 0) is 6.54 Å². The molecule has 0 bridgehead atoms. The maximum atomic E-state index is 12.2. The van der Waals surface area contributed by atoms with Gasteiger partial charge in [0.25, 0.3) is 10.6 Å². The molecule has 2 rings (SSSR count). The summed E-state index contributed by atoms with van der Waals surface area (Å²) in [5.74, 6) is -0.846. The van der Waals surface area contributed by atoms with E-state index < -0.39 is 17.0 Å². The van der Waals surface area contributed by atoms with Gasteiger partial charge in [0.15, 0.2) is 12.0 Å². The third kappa shape index (κ3) is 3.03. The Balaban J connectivity index is 2.29. The first-order chi connectivity index (χ1) is 10.5. The number of nitrogens with zero attached hydrogens (tertiary/aromatic N) is 2. The summed E-state index contributed by atoms with van der Waals surface area (Å²) < 4.78 is 1.73. The average molecular weight is 322 g/mol. The molecule has 0 fully saturated rings. The van der Waals surface area contributed by atoms with Gasteiger partial charge in [-0.1, -0.05) is 0 Å². The van der Waals surface area contributed by atoms with Gasteiger partial charge in [0.05, 0.1) is 5.75 Å². The smallest absolute Gasteiger partial charge is 0.329 e. The Bertz CT molecular complexity index is 828. The molecule has 2 aromatic rings. The van der Waals surface area contributed by atoms with E-state index in [0.29, 0.717) is 9.76 Å². The van der Waals surface area contributed by atoms with Crippen molar-refractivity contribution in [1.82, 2.24) is 9.55 Å². The standard InChI is InChI=1S/C13H14N4O4S/c1-2-16-11(14)10(12(19)15-13(16)20)8(18)7-22-9-5-3-4-6-17(9)21/h3-6H,2,7,14H2,1H3,(H,15,19,20). The number of aromatic nitrogens is 3. The molecule has 0 spiro atoms. The van der Waals surface area contributed by atoms with Crippen molar-refractivity contribution in [3.63, 3.8) is 0 Å². The molecule has 0 unspecified atom stereocenters. The SMILES string of the molecule is CCn1c(N)c(C(=O)CSc2cccc[n+]2[O-])c(=O)[nH]c1=O. The minimum absolute atomic E-state index is 0.137. The van der Waals surface area contributed by atoms with Gasteiger partial charge in [-0.3, -0.25) is 19.1 Å². The molecule has 2 heterocycles. The number of ketones is 1. The Morgan fingerprint density at radius 3 is 2.82 bits per heavy atom. The predicted octanol–water partition coefficient (Wildman–Crippen LogP) is -0.253. The van der Waals surface area contributed by atoms with Crippen molar-refractivity contribution < 1.29 is 9.52 Å². The Morgan fingerprint density at radius 1 is 1.45 bits per heavy atom. The van der Waals surface area contributed by atoms with E-state index in [-0.39, 0.29) is 23.7 Å². The van der Waals surface area contributed by atoms with Gasteiger partial charge in [0, 0.05) is 18.7 Å². The van der Waals surface area contributed by atoms with Gasteiger partial charge in [0.2, 0.25) is 0 Å². The number of nitrogens with two attached hydrogens (primary N) is 1. The average Bonchev–Trinajstić information content (AvgIpc) is 2.46. The van der Waals surface area contributed by atoms with E-state index in [4.69, 9.17) is 5.73 Å². The van der Waals surface area contributed by atoms with Gasteiger partial charge in [0.1, 0.15) is 11.4 Å². The summed E-state index contributed by atoms with van der Waals surface area (Å²) in [6.07, 6.45) is 1.31. The summed E-state index contributed by atoms with van der Waals surface area (Å²) >= 11 is 0.990. The van der Waals surface area contributed by atoms with E-state index in [1.807, 2.05) is 0 Å². The van der Waals surface area contributed by atoms with Gasteiger partial charge in [-0.15, -0.1) is 0 Å². The second-order valence-corrected chi connectivity index (χ2v) is 5.34. The van der Waals surface area contributed by atoms with Crippen LogP contribution in [0.5, 0.6) is 0 Å². The lowest BCUT2D eigenvalue weighted by molar-refractivity contribution is -0.645. The molecule has 0 atom stereocenters. The van der Waals surface area contributed by atoms with Crippen molar-refractivity contribution >= 4 is 23.4 Å². The minimum atomic E-state index is -0.819. The zero-order valence-electron chi connectivity index (χ0n) is 11.7. The Labute approximate surface area is 129 Å². The first kappa shape index (κ1) is 15.8. The van der Waals surface area contributed by atoms with Crippen molar-refractivity contribution in [2.45, 2.75) is 18.5 Å². The maximum Gasteiger partial charge on any atom is 0.329 e. The molecule has 3 N–H and O–H groups in total. The van der Waals surface area contributed by atoms with E-state index in [1.165, 1.54) is 6.20 Å². The number of carbonyl (C=O) groups is 1. The Kier molecular flexibility index (Phi) is 4.66. The number of aromatic amines is 1. The van der Waals surface area contributed by atoms with Gasteiger partial charge in [-0.25, -0.2) is 4.79 Å². The first-order valence-corrected chi connectivity index (χ1v) is 7.41. The highest BCUT2D eigenvalue weighted by Gasteiger charge is 2.20. The highest BCUT2D eigenvalue weighted by Crippen LogP contribution is 2.15. The van der Waals surface area contributed by atoms with Crippen LogP contribution in [0.25, 0.3) is 0 Å². The van der Waals surface area contributed by atoms with Crippen LogP contribution in [0, 0.1) is 5.21 Å². The number of rotatable bonds is 5. The number of hydrogen-bond donors (Lipinski definition) is 2. The molecule has 8 nitrogen and oxygen atoms in total. The molecule has 0 aliphatic heterocycles. The van der Waals surface area contributed by atoms with Crippen LogP contribution in [0.1, 0.15) is 17.3 Å². The van der Waals surface area contributed by atoms with E-state index >= 15 is 0 Å². The number of nitrogen functional groups attached to an aromatic ring is 1. The van der Waals surface area contributed by atoms with Gasteiger partial charge in [-0.2, -0.15) is 4.73 Å². The highest BCUT2D eigenvalue weighted by atomic mass is 32.2. The minimum Gasteiger partial charge on any atom is -0.618 e. The lowest BCUT2D eigenvalue weighted by Gasteiger charge is -2.09. The number of nitrogens with one attached hydrogen (secondary N) is 1. The molecule has 9 heteroatoms. The Morgan fingerprint density at radius 2 is 2.18 bits per heavy atom. The molecule has 2 aromatic heterocycles. The van der Waals surface area contributed by atoms with E-state index in [2.05, 4.69) is 4.98 Å². The van der Waals surface area contributed by atoms with E-state index in [9.17, 15) is 19.6 Å². The van der Waals surface area contributed by atoms with Crippen LogP contribution in [-0.4, -0.2) is 21.1 Å². The van der Waals surface area contributed by atoms with Crippen molar-refractivity contribution in [1.29, 1.82) is 0 Å². The first-order valence-electron chi connectivity index (χ1n) is 6.42. The quantitative estimate of drug-likeness (QED) is 0.338. The number of pyridine rings is 1. The molecular weight excluding hydrogens is 308 g/mol. The lowest BCUT2D eigenvalue weighted by atomic mass is 10.2. The van der Waals surface area contributed by atoms with Crippen LogP contribution in [0.2, 0.25) is 0 Å². The number of Topliss-reactive ketones (excluding diaryl/α,β-unsaturated/α-hetero) is 1. The number of hydrogen-bond acceptors (Lipinski definition) is 6. The third-order valence-electron chi connectivity index (χ3n) is 2.97. The summed E-state index contributed by atoms with van der Waals surface area (Å²) in [5.41, 5.74) is 4.00. The molecule has 0 saturated carbocycles. The second-order valence-electron chi connectivity index (χ2n) is 4.34. The molecule has 116 valence electrons. The molecule has 0 aliphatic carbocycles. The number of anilines is 1. The van der Waals surface area contributed by atoms with E-state index in [1.54, 1.807) is 25.1 Å². The summed E-state index contributed by atoms with van der Waals surface area (Å²) in [7, 11) is 0. The molecule has 22 heavy (non-hydrogen) atoms. The van der Waals surface area contributed by atoms with E-state index in [0.717, 1.165) is 16.3 Å². The topological polar surface area (TPSA) is 125 Å². The third-order valence-corrected chi connectivity index (χ3v) is 3.99. The van der Waals surface area contributed by atoms with Crippen LogP contribution in [0.3, 0.4) is 0 Å². The number of carbonyl (C=O) groups excluding carboxylic acids is 1. The van der Waals surface area contributed by atoms with Gasteiger partial charge < -0.3 is 10.9 Å². The zero-order valence-corrected chi connectivity index (χ0v) is 12.6. The fourth-order valence-corrected chi connectivity index (χ4v) is 2.69. The van der Waals surface area contributed by atoms with Crippen LogP contribution in [0.4, 0.5) is 5.82 Å². The molecule has 0 amide bonds. The van der Waals surface area contributed by atoms with Crippen molar-refractivity contribution in [2.75, 3.05) is 11.5 Å². The van der Waals surface area contributed by atoms with Crippen molar-refractivity contribution in [2.24, 2.45) is 0 Å². The molecule has 0 radical (unpaired) electrons. The summed E-state index contributed by atoms with van der Waals surface area (Å²) in [6.45, 7) is 1.90. The molecular formula is C13H14N4O4S. The number of H-pyrrole nitrogens is 1. The highest BCUT2D eigenvalue weighted by molar-refractivity contribution is 7.99. The maximum absolute atomic E-state index is 12.2. The van der Waals surface area contributed by atoms with Crippen LogP contribution < -0.4 is 21.7 Å². The summed E-state index contributed by atoms with van der Waals surface area (Å²) in [4.78, 5) is 37.6. The largest absolute Gasteiger partial charge is 0.618 e. The summed E-state index contributed by atoms with van der Waals surface area (Å²) in [6, 6.07) is 4.80. The number of thioether (sulfide) groups is 1. The van der Waals surface area contributed by atoms with Crippen molar-refractivity contribution in [3.05, 3.63) is 56.0 Å².